The molecular weight excluding hydrogens is 436 g/mol. The van der Waals surface area contributed by atoms with Crippen LogP contribution in [0.4, 0.5) is 5.82 Å². The summed E-state index contributed by atoms with van der Waals surface area (Å²) in [5.74, 6) is 0.435. The van der Waals surface area contributed by atoms with Crippen molar-refractivity contribution in [3.8, 4) is 5.75 Å². The van der Waals surface area contributed by atoms with Gasteiger partial charge in [-0.15, -0.1) is 0 Å². The Morgan fingerprint density at radius 2 is 2.09 bits per heavy atom. The first-order chi connectivity index (χ1) is 16.2. The molecule has 4 rings (SSSR count). The van der Waals surface area contributed by atoms with Crippen LogP contribution in [0.1, 0.15) is 38.3 Å². The van der Waals surface area contributed by atoms with Crippen LogP contribution in [0, 0.1) is 0 Å². The first kappa shape index (κ1) is 23.5. The van der Waals surface area contributed by atoms with Gasteiger partial charge >= 0.3 is 11.6 Å². The molecular formula is C26H28N2O6. The number of nitrogens with zero attached hydrogens (tertiary/aromatic N) is 1. The normalized spacial score (nSPS) is 17.9. The summed E-state index contributed by atoms with van der Waals surface area (Å²) in [4.78, 5) is 28.7. The summed E-state index contributed by atoms with van der Waals surface area (Å²) in [7, 11) is 0. The largest absolute Gasteiger partial charge is 0.482 e. The van der Waals surface area contributed by atoms with Crippen molar-refractivity contribution in [3.63, 3.8) is 0 Å². The lowest BCUT2D eigenvalue weighted by molar-refractivity contribution is -0.174. The van der Waals surface area contributed by atoms with Crippen molar-refractivity contribution in [2.24, 2.45) is 0 Å². The Labute approximate surface area is 197 Å². The monoisotopic (exact) mass is 464 g/mol. The fourth-order valence-electron chi connectivity index (χ4n) is 4.39. The Hall–Kier alpha value is -3.65. The van der Waals surface area contributed by atoms with E-state index in [2.05, 4.69) is 4.98 Å². The third-order valence-corrected chi connectivity index (χ3v) is 6.36. The minimum Gasteiger partial charge on any atom is -0.482 e. The molecule has 178 valence electrons. The van der Waals surface area contributed by atoms with Gasteiger partial charge in [0.05, 0.1) is 0 Å². The number of nitrogen functional groups attached to an aromatic ring is 1. The molecule has 3 N–H and O–H groups in total. The van der Waals surface area contributed by atoms with Crippen LogP contribution in [0.25, 0.3) is 11.0 Å². The lowest BCUT2D eigenvalue weighted by atomic mass is 9.77. The maximum atomic E-state index is 12.9. The number of aliphatic hydroxyl groups is 1. The fourth-order valence-corrected chi connectivity index (χ4v) is 4.39. The van der Waals surface area contributed by atoms with E-state index in [9.17, 15) is 14.7 Å². The quantitative estimate of drug-likeness (QED) is 0.310. The molecule has 1 aliphatic rings. The molecule has 0 bridgehead atoms. The highest BCUT2D eigenvalue weighted by molar-refractivity contribution is 5.88. The number of anilines is 1. The molecule has 0 saturated carbocycles. The van der Waals surface area contributed by atoms with Gasteiger partial charge in [0.1, 0.15) is 22.8 Å². The molecule has 0 fully saturated rings. The van der Waals surface area contributed by atoms with Crippen molar-refractivity contribution in [3.05, 3.63) is 75.8 Å². The van der Waals surface area contributed by atoms with E-state index in [0.29, 0.717) is 35.6 Å². The number of rotatable bonds is 7. The molecule has 3 aromatic rings. The fraction of sp³-hybridized carbons (Fsp3) is 0.346. The van der Waals surface area contributed by atoms with Crippen LogP contribution >= 0.6 is 0 Å². The highest BCUT2D eigenvalue weighted by atomic mass is 16.6. The molecule has 0 amide bonds. The van der Waals surface area contributed by atoms with E-state index in [1.54, 1.807) is 37.4 Å². The first-order valence-electron chi connectivity index (χ1n) is 11.1. The number of carbonyl (C=O) groups is 1. The summed E-state index contributed by atoms with van der Waals surface area (Å²) >= 11 is 0. The number of hydrogen-bond donors (Lipinski definition) is 2. The number of carbonyl (C=O) groups excluding carboxylic acids is 1. The predicted octanol–water partition coefficient (Wildman–Crippen LogP) is 3.34. The van der Waals surface area contributed by atoms with E-state index in [4.69, 9.17) is 19.6 Å². The van der Waals surface area contributed by atoms with Crippen molar-refractivity contribution in [2.45, 2.75) is 51.2 Å². The van der Waals surface area contributed by atoms with Gasteiger partial charge in [-0.1, -0.05) is 6.08 Å². The van der Waals surface area contributed by atoms with Gasteiger partial charge in [-0.2, -0.15) is 0 Å². The second kappa shape index (κ2) is 8.95. The molecule has 8 nitrogen and oxygen atoms in total. The highest BCUT2D eigenvalue weighted by Gasteiger charge is 2.54. The van der Waals surface area contributed by atoms with Crippen LogP contribution < -0.4 is 16.1 Å². The van der Waals surface area contributed by atoms with Gasteiger partial charge in [0, 0.05) is 55.2 Å². The number of fused-ring (bicyclic) bond motifs is 2. The minimum atomic E-state index is -1.09. The Bertz CT molecular complexity index is 1330. The van der Waals surface area contributed by atoms with Gasteiger partial charge in [0.2, 0.25) is 0 Å². The van der Waals surface area contributed by atoms with E-state index in [0.717, 1.165) is 16.5 Å². The topological polar surface area (TPSA) is 125 Å². The van der Waals surface area contributed by atoms with Crippen molar-refractivity contribution in [1.82, 2.24) is 4.98 Å². The SMILES string of the molecule is C/C=C(\CCO)C(=O)OC(C)(C)[C@]1(Cc2ccnc(N)c2)Cc2cc3ccc(=O)oc3cc2O1. The smallest absolute Gasteiger partial charge is 0.336 e. The number of pyridine rings is 1. The summed E-state index contributed by atoms with van der Waals surface area (Å²) < 4.78 is 17.9. The number of esters is 1. The minimum absolute atomic E-state index is 0.156. The molecule has 8 heteroatoms. The average molecular weight is 465 g/mol. The van der Waals surface area contributed by atoms with Crippen molar-refractivity contribution in [1.29, 1.82) is 0 Å². The first-order valence-corrected chi connectivity index (χ1v) is 11.1. The van der Waals surface area contributed by atoms with Crippen LogP contribution in [0.2, 0.25) is 0 Å². The molecule has 1 aromatic carbocycles. The van der Waals surface area contributed by atoms with E-state index in [-0.39, 0.29) is 13.0 Å². The summed E-state index contributed by atoms with van der Waals surface area (Å²) in [6.07, 6.45) is 4.31. The number of allylic oxidation sites excluding steroid dienone is 1. The van der Waals surface area contributed by atoms with E-state index in [1.807, 2.05) is 26.0 Å². The third-order valence-electron chi connectivity index (χ3n) is 6.36. The van der Waals surface area contributed by atoms with Crippen LogP contribution in [-0.4, -0.2) is 33.9 Å². The molecule has 0 aliphatic carbocycles. The Kier molecular flexibility index (Phi) is 6.18. The lowest BCUT2D eigenvalue weighted by Crippen LogP contribution is -2.57. The van der Waals surface area contributed by atoms with Crippen LogP contribution in [0.3, 0.4) is 0 Å². The molecule has 2 aromatic heterocycles. The lowest BCUT2D eigenvalue weighted by Gasteiger charge is -2.42. The highest BCUT2D eigenvalue weighted by Crippen LogP contribution is 2.46. The Morgan fingerprint density at radius 3 is 2.79 bits per heavy atom. The van der Waals surface area contributed by atoms with Gasteiger partial charge < -0.3 is 24.7 Å². The third kappa shape index (κ3) is 4.41. The standard InChI is InChI=1S/C26H28N2O6/c1-4-17(8-10-29)24(31)34-25(2,3)26(14-16-7-9-28-22(27)11-16)15-19-12-18-5-6-23(30)32-20(18)13-21(19)33-26/h4-7,9,11-13,29H,8,10,14-15H2,1-3H3,(H2,27,28)/b17-4+/t26-/m0/s1. The molecule has 3 heterocycles. The maximum absolute atomic E-state index is 12.9. The molecule has 0 spiro atoms. The molecule has 0 saturated heterocycles. The molecule has 0 unspecified atom stereocenters. The number of benzene rings is 1. The second-order valence-electron chi connectivity index (χ2n) is 8.98. The maximum Gasteiger partial charge on any atom is 0.336 e. The van der Waals surface area contributed by atoms with E-state index < -0.39 is 22.8 Å². The molecule has 1 atom stereocenters. The number of aromatic nitrogens is 1. The number of hydrogen-bond acceptors (Lipinski definition) is 8. The second-order valence-corrected chi connectivity index (χ2v) is 8.98. The Morgan fingerprint density at radius 1 is 1.29 bits per heavy atom. The number of nitrogens with two attached hydrogens (primary N) is 1. The van der Waals surface area contributed by atoms with Gasteiger partial charge in [-0.3, -0.25) is 0 Å². The van der Waals surface area contributed by atoms with Gasteiger partial charge in [0.15, 0.2) is 5.60 Å². The van der Waals surface area contributed by atoms with Crippen LogP contribution in [-0.2, 0) is 22.4 Å². The van der Waals surface area contributed by atoms with E-state index >= 15 is 0 Å². The molecule has 0 radical (unpaired) electrons. The zero-order chi connectivity index (χ0) is 24.5. The van der Waals surface area contributed by atoms with Crippen molar-refractivity contribution >= 4 is 22.8 Å². The summed E-state index contributed by atoms with van der Waals surface area (Å²) in [6, 6.07) is 10.3. The van der Waals surface area contributed by atoms with E-state index in [1.165, 1.54) is 6.07 Å². The molecule has 34 heavy (non-hydrogen) atoms. The summed E-state index contributed by atoms with van der Waals surface area (Å²) in [5.41, 5.74) is 6.01. The predicted molar refractivity (Wildman–Crippen MR) is 128 cm³/mol. The average Bonchev–Trinajstić information content (AvgIpc) is 3.14. The zero-order valence-electron chi connectivity index (χ0n) is 19.5. The number of aliphatic hydroxyl groups excluding tert-OH is 1. The number of ether oxygens (including phenoxy) is 2. The Balaban J connectivity index is 1.76. The summed E-state index contributed by atoms with van der Waals surface area (Å²) in [6.45, 7) is 5.20. The van der Waals surface area contributed by atoms with Gasteiger partial charge in [-0.05, 0) is 56.2 Å². The van der Waals surface area contributed by atoms with Gasteiger partial charge in [0.25, 0.3) is 0 Å². The van der Waals surface area contributed by atoms with Crippen molar-refractivity contribution in [2.75, 3.05) is 12.3 Å². The van der Waals surface area contributed by atoms with Crippen LogP contribution in [0.5, 0.6) is 5.75 Å². The molecule has 1 aliphatic heterocycles. The van der Waals surface area contributed by atoms with Crippen molar-refractivity contribution < 1.29 is 23.8 Å². The summed E-state index contributed by atoms with van der Waals surface area (Å²) in [5, 5.41) is 10.1. The van der Waals surface area contributed by atoms with Crippen LogP contribution in [0.15, 0.2) is 63.5 Å². The zero-order valence-corrected chi connectivity index (χ0v) is 19.5. The van der Waals surface area contributed by atoms with Gasteiger partial charge in [-0.25, -0.2) is 14.6 Å².